The smallest absolute Gasteiger partial charge is 0.352 e. The number of allylic oxidation sites excluding steroid dienone is 4. The maximum Gasteiger partial charge on any atom is 0.352 e. The van der Waals surface area contributed by atoms with Crippen LogP contribution in [0.1, 0.15) is 5.56 Å². The maximum atomic E-state index is 11.5. The van der Waals surface area contributed by atoms with Crippen molar-refractivity contribution in [1.29, 1.82) is 0 Å². The number of hydrogen-bond acceptors (Lipinski definition) is 5. The lowest BCUT2D eigenvalue weighted by Crippen LogP contribution is -2.24. The fourth-order valence-electron chi connectivity index (χ4n) is 2.63. The van der Waals surface area contributed by atoms with Crippen molar-refractivity contribution in [1.82, 2.24) is 4.90 Å². The SMILES string of the molecule is O=C(O)C1=CC2CN1/C=C\N=COC\C=C/C=C\C=C/c1ccccc1O2. The molecule has 2 heterocycles. The van der Waals surface area contributed by atoms with Crippen molar-refractivity contribution >= 4 is 18.4 Å². The number of ether oxygens (including phenoxy) is 2. The third-order valence-electron chi connectivity index (χ3n) is 3.85. The Bertz CT molecular complexity index is 849. The van der Waals surface area contributed by atoms with Crippen LogP contribution in [0.2, 0.25) is 0 Å². The molecule has 0 saturated carbocycles. The first-order valence-electron chi connectivity index (χ1n) is 8.51. The van der Waals surface area contributed by atoms with E-state index in [4.69, 9.17) is 9.47 Å². The van der Waals surface area contributed by atoms with E-state index in [1.54, 1.807) is 17.2 Å². The Hall–Kier alpha value is -3.54. The van der Waals surface area contributed by atoms with Gasteiger partial charge in [0.2, 0.25) is 0 Å². The molecule has 1 N–H and O–H groups in total. The van der Waals surface area contributed by atoms with Gasteiger partial charge >= 0.3 is 5.97 Å². The second-order valence-electron chi connectivity index (χ2n) is 5.76. The lowest BCUT2D eigenvalue weighted by molar-refractivity contribution is -0.133. The number of nitrogens with zero attached hydrogens (tertiary/aromatic N) is 2. The lowest BCUT2D eigenvalue weighted by Gasteiger charge is -2.17. The van der Waals surface area contributed by atoms with E-state index < -0.39 is 5.97 Å². The Labute approximate surface area is 157 Å². The number of carboxylic acid groups (broad SMARTS) is 1. The highest BCUT2D eigenvalue weighted by molar-refractivity contribution is 5.87. The molecule has 1 aromatic carbocycles. The van der Waals surface area contributed by atoms with Crippen molar-refractivity contribution < 1.29 is 19.4 Å². The van der Waals surface area contributed by atoms with Crippen LogP contribution >= 0.6 is 0 Å². The average molecular weight is 364 g/mol. The minimum atomic E-state index is -1.01. The summed E-state index contributed by atoms with van der Waals surface area (Å²) in [5.41, 5.74) is 1.07. The molecule has 0 amide bonds. The summed E-state index contributed by atoms with van der Waals surface area (Å²) < 4.78 is 11.3. The fourth-order valence-corrected chi connectivity index (χ4v) is 2.63. The second kappa shape index (κ2) is 9.24. The van der Waals surface area contributed by atoms with Gasteiger partial charge in [0.15, 0.2) is 6.40 Å². The van der Waals surface area contributed by atoms with E-state index in [9.17, 15) is 9.90 Å². The largest absolute Gasteiger partial charge is 0.484 e. The van der Waals surface area contributed by atoms with Crippen LogP contribution in [0.15, 0.2) is 83.8 Å². The molecule has 0 aromatic heterocycles. The Morgan fingerprint density at radius 1 is 1.19 bits per heavy atom. The summed E-state index contributed by atoms with van der Waals surface area (Å²) in [5, 5.41) is 9.43. The molecule has 0 aliphatic carbocycles. The predicted molar refractivity (Wildman–Crippen MR) is 104 cm³/mol. The fraction of sp³-hybridized carbons (Fsp3) is 0.143. The number of fused-ring (bicyclic) bond motifs is 3. The molecule has 138 valence electrons. The summed E-state index contributed by atoms with van der Waals surface area (Å²) >= 11 is 0. The third kappa shape index (κ3) is 5.22. The second-order valence-corrected chi connectivity index (χ2v) is 5.76. The molecule has 2 bridgehead atoms. The molecule has 0 saturated heterocycles. The number of hydrogen-bond donors (Lipinski definition) is 1. The summed E-state index contributed by atoms with van der Waals surface area (Å²) in [6.07, 6.45) is 17.0. The number of aliphatic imine (C=N–C) groups is 1. The van der Waals surface area contributed by atoms with Crippen LogP contribution in [0.3, 0.4) is 0 Å². The minimum Gasteiger partial charge on any atom is -0.484 e. The zero-order chi connectivity index (χ0) is 18.9. The molecular weight excluding hydrogens is 344 g/mol. The van der Waals surface area contributed by atoms with Crippen molar-refractivity contribution in [2.24, 2.45) is 4.99 Å². The number of benzene rings is 1. The van der Waals surface area contributed by atoms with Gasteiger partial charge in [-0.1, -0.05) is 48.6 Å². The normalized spacial score (nSPS) is 24.2. The topological polar surface area (TPSA) is 71.4 Å². The first-order valence-corrected chi connectivity index (χ1v) is 8.51. The zero-order valence-electron chi connectivity index (χ0n) is 14.6. The molecule has 2 aliphatic heterocycles. The van der Waals surface area contributed by atoms with Crippen LogP contribution in [0.5, 0.6) is 5.75 Å². The van der Waals surface area contributed by atoms with Crippen LogP contribution in [0.25, 0.3) is 6.08 Å². The molecule has 0 fully saturated rings. The Kier molecular flexibility index (Phi) is 6.25. The predicted octanol–water partition coefficient (Wildman–Crippen LogP) is 3.37. The highest BCUT2D eigenvalue weighted by Crippen LogP contribution is 2.25. The number of aliphatic carboxylic acids is 1. The van der Waals surface area contributed by atoms with Crippen LogP contribution < -0.4 is 4.74 Å². The summed E-state index contributed by atoms with van der Waals surface area (Å²) in [4.78, 5) is 17.1. The number of carboxylic acids is 1. The van der Waals surface area contributed by atoms with Gasteiger partial charge in [-0.25, -0.2) is 9.79 Å². The van der Waals surface area contributed by atoms with E-state index in [2.05, 4.69) is 4.99 Å². The summed E-state index contributed by atoms with van der Waals surface area (Å²) in [7, 11) is 0. The third-order valence-corrected chi connectivity index (χ3v) is 3.85. The molecule has 0 radical (unpaired) electrons. The number of carbonyl (C=O) groups is 1. The van der Waals surface area contributed by atoms with Crippen molar-refractivity contribution in [2.45, 2.75) is 6.10 Å². The van der Waals surface area contributed by atoms with Crippen molar-refractivity contribution in [3.63, 3.8) is 0 Å². The monoisotopic (exact) mass is 364 g/mol. The molecule has 6 nitrogen and oxygen atoms in total. The van der Waals surface area contributed by atoms with E-state index in [0.29, 0.717) is 18.9 Å². The van der Waals surface area contributed by atoms with Crippen LogP contribution in [0.4, 0.5) is 0 Å². The van der Waals surface area contributed by atoms with Crippen LogP contribution in [-0.2, 0) is 9.53 Å². The molecular formula is C21H20N2O4. The highest BCUT2D eigenvalue weighted by atomic mass is 16.5. The van der Waals surface area contributed by atoms with Gasteiger partial charge in [-0.2, -0.15) is 0 Å². The summed E-state index contributed by atoms with van der Waals surface area (Å²) in [6, 6.07) is 7.64. The Balaban J connectivity index is 1.88. The Morgan fingerprint density at radius 2 is 2.04 bits per heavy atom. The minimum absolute atomic E-state index is 0.157. The van der Waals surface area contributed by atoms with Crippen molar-refractivity contribution in [3.05, 3.63) is 84.4 Å². The first kappa shape index (κ1) is 18.3. The number of para-hydroxylation sites is 1. The van der Waals surface area contributed by atoms with Gasteiger partial charge < -0.3 is 19.5 Å². The molecule has 1 aromatic rings. The average Bonchev–Trinajstić information content (AvgIpc) is 3.06. The van der Waals surface area contributed by atoms with Gasteiger partial charge in [-0.15, -0.1) is 0 Å². The molecule has 0 spiro atoms. The standard InChI is InChI=1S/C21H20N2O4/c24-21(25)19-14-18-15-23(19)12-11-22-16-26-13-7-3-1-2-4-8-17-9-5-6-10-20(17)27-18/h1-12,14,16,18H,13,15H2,(H,24,25)/b2-1-,7-3-,8-4-,12-11-,22-16?. The van der Waals surface area contributed by atoms with Crippen molar-refractivity contribution in [3.8, 4) is 5.75 Å². The first-order chi connectivity index (χ1) is 13.2. The molecule has 27 heavy (non-hydrogen) atoms. The molecule has 1 atom stereocenters. The van der Waals surface area contributed by atoms with E-state index in [1.807, 2.05) is 60.7 Å². The van der Waals surface area contributed by atoms with Gasteiger partial charge in [0.25, 0.3) is 0 Å². The van der Waals surface area contributed by atoms with Gasteiger partial charge in [0.05, 0.1) is 6.54 Å². The van der Waals surface area contributed by atoms with E-state index >= 15 is 0 Å². The van der Waals surface area contributed by atoms with E-state index in [1.165, 1.54) is 12.6 Å². The molecule has 6 heteroatoms. The lowest BCUT2D eigenvalue weighted by atomic mass is 10.2. The van der Waals surface area contributed by atoms with E-state index in [-0.39, 0.29) is 11.8 Å². The van der Waals surface area contributed by atoms with Crippen molar-refractivity contribution in [2.75, 3.05) is 13.2 Å². The molecule has 2 aliphatic rings. The van der Waals surface area contributed by atoms with Gasteiger partial charge in [0, 0.05) is 18.0 Å². The van der Waals surface area contributed by atoms with Crippen LogP contribution in [0, 0.1) is 0 Å². The van der Waals surface area contributed by atoms with Crippen LogP contribution in [-0.4, -0.2) is 41.6 Å². The molecule has 1 unspecified atom stereocenters. The van der Waals surface area contributed by atoms with Gasteiger partial charge in [-0.05, 0) is 18.2 Å². The summed E-state index contributed by atoms with van der Waals surface area (Å²) in [5.74, 6) is -0.317. The van der Waals surface area contributed by atoms with Gasteiger partial charge in [-0.3, -0.25) is 0 Å². The highest BCUT2D eigenvalue weighted by Gasteiger charge is 2.28. The molecule has 3 rings (SSSR count). The maximum absolute atomic E-state index is 11.5. The quantitative estimate of drug-likeness (QED) is 0.827. The van der Waals surface area contributed by atoms with Gasteiger partial charge in [0.1, 0.15) is 24.2 Å². The zero-order valence-corrected chi connectivity index (χ0v) is 14.6. The van der Waals surface area contributed by atoms with E-state index in [0.717, 1.165) is 5.56 Å². The number of rotatable bonds is 1. The summed E-state index contributed by atoms with van der Waals surface area (Å²) in [6.45, 7) is 0.781. The Morgan fingerprint density at radius 3 is 2.93 bits per heavy atom.